The molecule has 0 bridgehead atoms. The highest BCUT2D eigenvalue weighted by molar-refractivity contribution is 5.54. The van der Waals surface area contributed by atoms with Gasteiger partial charge in [-0.15, -0.1) is 0 Å². The van der Waals surface area contributed by atoms with E-state index in [4.69, 9.17) is 9.26 Å². The summed E-state index contributed by atoms with van der Waals surface area (Å²) in [5, 5.41) is 4.02. The first kappa shape index (κ1) is 15.9. The van der Waals surface area contributed by atoms with Crippen LogP contribution in [0.25, 0.3) is 17.2 Å². The fourth-order valence-electron chi connectivity index (χ4n) is 3.29. The first-order valence-corrected chi connectivity index (χ1v) is 8.88. The molecule has 6 nitrogen and oxygen atoms in total. The third-order valence-corrected chi connectivity index (χ3v) is 4.69. The Bertz CT molecular complexity index is 862. The summed E-state index contributed by atoms with van der Waals surface area (Å²) in [5.41, 5.74) is 2.73. The highest BCUT2D eigenvalue weighted by Crippen LogP contribution is 2.27. The minimum Gasteiger partial charge on any atom is -0.490 e. The van der Waals surface area contributed by atoms with E-state index in [2.05, 4.69) is 21.2 Å². The largest absolute Gasteiger partial charge is 0.490 e. The van der Waals surface area contributed by atoms with E-state index >= 15 is 0 Å². The number of hydrogen-bond donors (Lipinski definition) is 0. The second-order valence-electron chi connectivity index (χ2n) is 6.44. The van der Waals surface area contributed by atoms with Gasteiger partial charge in [-0.3, -0.25) is 0 Å². The molecule has 1 aliphatic carbocycles. The van der Waals surface area contributed by atoms with Crippen molar-refractivity contribution in [2.24, 2.45) is 0 Å². The Morgan fingerprint density at radius 2 is 2.12 bits per heavy atom. The molecule has 1 aromatic carbocycles. The van der Waals surface area contributed by atoms with Crippen LogP contribution in [0.2, 0.25) is 0 Å². The Hall–Kier alpha value is -2.63. The molecule has 1 fully saturated rings. The molecule has 0 N–H and O–H groups in total. The van der Waals surface area contributed by atoms with Crippen molar-refractivity contribution in [3.63, 3.8) is 0 Å². The average molecular weight is 338 g/mol. The van der Waals surface area contributed by atoms with Gasteiger partial charge in [-0.05, 0) is 44.7 Å². The third kappa shape index (κ3) is 3.16. The molecule has 6 heteroatoms. The lowest BCUT2D eigenvalue weighted by Crippen LogP contribution is -2.11. The van der Waals surface area contributed by atoms with Crippen LogP contribution >= 0.6 is 0 Å². The van der Waals surface area contributed by atoms with Crippen molar-refractivity contribution in [2.75, 3.05) is 0 Å². The monoisotopic (exact) mass is 338 g/mol. The summed E-state index contributed by atoms with van der Waals surface area (Å²) in [5.74, 6) is 2.06. The van der Waals surface area contributed by atoms with Crippen LogP contribution in [0.5, 0.6) is 5.75 Å². The van der Waals surface area contributed by atoms with Crippen LogP contribution in [-0.2, 0) is 6.42 Å². The second kappa shape index (κ2) is 6.70. The second-order valence-corrected chi connectivity index (χ2v) is 6.44. The molecule has 0 atom stereocenters. The Morgan fingerprint density at radius 1 is 1.28 bits per heavy atom. The SMILES string of the molecule is CCc1nc(-c2ncn(-c3cccc(OC4CCCC4)c3)c2C)no1. The van der Waals surface area contributed by atoms with E-state index < -0.39 is 0 Å². The molecule has 0 aliphatic heterocycles. The molecule has 1 aliphatic rings. The van der Waals surface area contributed by atoms with Crippen molar-refractivity contribution in [1.29, 1.82) is 0 Å². The minimum atomic E-state index is 0.349. The standard InChI is InChI=1S/C19H22N4O2/c1-3-17-21-19(22-25-17)18-13(2)23(12-20-18)14-7-6-10-16(11-14)24-15-8-4-5-9-15/h6-7,10-12,15H,3-5,8-9H2,1-2H3. The summed E-state index contributed by atoms with van der Waals surface area (Å²) in [7, 11) is 0. The van der Waals surface area contributed by atoms with Gasteiger partial charge >= 0.3 is 0 Å². The lowest BCUT2D eigenvalue weighted by atomic mass is 10.2. The van der Waals surface area contributed by atoms with E-state index in [0.717, 1.165) is 35.7 Å². The van der Waals surface area contributed by atoms with Crippen LogP contribution in [-0.4, -0.2) is 25.8 Å². The van der Waals surface area contributed by atoms with Crippen molar-refractivity contribution in [3.8, 4) is 23.0 Å². The lowest BCUT2D eigenvalue weighted by Gasteiger charge is -2.14. The van der Waals surface area contributed by atoms with E-state index in [9.17, 15) is 0 Å². The molecule has 2 aromatic heterocycles. The molecule has 0 unspecified atom stereocenters. The van der Waals surface area contributed by atoms with Gasteiger partial charge in [0.25, 0.3) is 0 Å². The normalized spacial score (nSPS) is 15.0. The molecule has 1 saturated carbocycles. The molecule has 2 heterocycles. The maximum atomic E-state index is 6.11. The van der Waals surface area contributed by atoms with Gasteiger partial charge in [0.05, 0.1) is 17.5 Å². The number of hydrogen-bond acceptors (Lipinski definition) is 5. The first-order chi connectivity index (χ1) is 12.2. The van der Waals surface area contributed by atoms with Gasteiger partial charge < -0.3 is 13.8 Å². The third-order valence-electron chi connectivity index (χ3n) is 4.69. The van der Waals surface area contributed by atoms with Crippen LogP contribution in [0.1, 0.15) is 44.2 Å². The van der Waals surface area contributed by atoms with Crippen molar-refractivity contribution in [1.82, 2.24) is 19.7 Å². The zero-order valence-corrected chi connectivity index (χ0v) is 14.6. The smallest absolute Gasteiger partial charge is 0.226 e. The summed E-state index contributed by atoms with van der Waals surface area (Å²) in [6.07, 6.45) is 7.68. The zero-order chi connectivity index (χ0) is 17.2. The molecule has 3 aromatic rings. The van der Waals surface area contributed by atoms with E-state index in [1.807, 2.05) is 36.6 Å². The van der Waals surface area contributed by atoms with Gasteiger partial charge in [0.1, 0.15) is 17.8 Å². The molecule has 25 heavy (non-hydrogen) atoms. The molecule has 0 amide bonds. The number of rotatable bonds is 5. The Labute approximate surface area is 146 Å². The van der Waals surface area contributed by atoms with Crippen LogP contribution in [0, 0.1) is 6.92 Å². The fraction of sp³-hybridized carbons (Fsp3) is 0.421. The van der Waals surface area contributed by atoms with E-state index in [1.54, 1.807) is 6.33 Å². The highest BCUT2D eigenvalue weighted by Gasteiger charge is 2.18. The van der Waals surface area contributed by atoms with Crippen LogP contribution in [0.15, 0.2) is 35.1 Å². The predicted octanol–water partition coefficient (Wildman–Crippen LogP) is 4.11. The lowest BCUT2D eigenvalue weighted by molar-refractivity contribution is 0.210. The van der Waals surface area contributed by atoms with Crippen LogP contribution < -0.4 is 4.74 Å². The van der Waals surface area contributed by atoms with Crippen molar-refractivity contribution in [2.45, 2.75) is 52.1 Å². The quantitative estimate of drug-likeness (QED) is 0.700. The van der Waals surface area contributed by atoms with Gasteiger partial charge in [-0.25, -0.2) is 4.98 Å². The predicted molar refractivity (Wildman–Crippen MR) is 93.9 cm³/mol. The number of nitrogens with zero attached hydrogens (tertiary/aromatic N) is 4. The number of benzene rings is 1. The number of imidazole rings is 1. The molecular weight excluding hydrogens is 316 g/mol. The van der Waals surface area contributed by atoms with Gasteiger partial charge in [0.2, 0.25) is 11.7 Å². The van der Waals surface area contributed by atoms with Gasteiger partial charge in [0.15, 0.2) is 0 Å². The maximum absolute atomic E-state index is 6.11. The summed E-state index contributed by atoms with van der Waals surface area (Å²) in [6, 6.07) is 8.14. The molecule has 4 rings (SSSR count). The fourth-order valence-corrected chi connectivity index (χ4v) is 3.29. The average Bonchev–Trinajstić information content (AvgIpc) is 3.35. The minimum absolute atomic E-state index is 0.349. The van der Waals surface area contributed by atoms with Crippen LogP contribution in [0.3, 0.4) is 0 Å². The topological polar surface area (TPSA) is 66.0 Å². The van der Waals surface area contributed by atoms with E-state index in [0.29, 0.717) is 24.2 Å². The van der Waals surface area contributed by atoms with Crippen molar-refractivity contribution in [3.05, 3.63) is 42.2 Å². The number of aryl methyl sites for hydroxylation is 1. The zero-order valence-electron chi connectivity index (χ0n) is 14.6. The van der Waals surface area contributed by atoms with Gasteiger partial charge in [0, 0.05) is 12.5 Å². The van der Waals surface area contributed by atoms with Crippen LogP contribution in [0.4, 0.5) is 0 Å². The Balaban J connectivity index is 1.61. The molecule has 0 radical (unpaired) electrons. The maximum Gasteiger partial charge on any atom is 0.226 e. The van der Waals surface area contributed by atoms with E-state index in [-0.39, 0.29) is 0 Å². The summed E-state index contributed by atoms with van der Waals surface area (Å²) < 4.78 is 13.3. The molecular formula is C19H22N4O2. The van der Waals surface area contributed by atoms with E-state index in [1.165, 1.54) is 12.8 Å². The van der Waals surface area contributed by atoms with Gasteiger partial charge in [-0.2, -0.15) is 4.98 Å². The Morgan fingerprint density at radius 3 is 2.88 bits per heavy atom. The highest BCUT2D eigenvalue weighted by atomic mass is 16.5. The molecule has 0 spiro atoms. The van der Waals surface area contributed by atoms with Gasteiger partial charge in [-0.1, -0.05) is 18.1 Å². The summed E-state index contributed by atoms with van der Waals surface area (Å²) in [4.78, 5) is 8.85. The number of ether oxygens (including phenoxy) is 1. The molecule has 0 saturated heterocycles. The molecule has 130 valence electrons. The number of aromatic nitrogens is 4. The van der Waals surface area contributed by atoms with Crippen molar-refractivity contribution < 1.29 is 9.26 Å². The summed E-state index contributed by atoms with van der Waals surface area (Å²) >= 11 is 0. The Kier molecular flexibility index (Phi) is 4.26. The first-order valence-electron chi connectivity index (χ1n) is 8.88. The summed E-state index contributed by atoms with van der Waals surface area (Å²) in [6.45, 7) is 3.99. The van der Waals surface area contributed by atoms with Crippen molar-refractivity contribution >= 4 is 0 Å².